The van der Waals surface area contributed by atoms with Crippen molar-refractivity contribution >= 4 is 19.7 Å². The normalized spacial score (nSPS) is 11.3. The Hall–Kier alpha value is -1.46. The minimum Gasteiger partial charge on any atom is -0.493 e. The van der Waals surface area contributed by atoms with Crippen molar-refractivity contribution in [3.63, 3.8) is 0 Å². The molecule has 0 saturated heterocycles. The van der Waals surface area contributed by atoms with Gasteiger partial charge in [0, 0.05) is 10.7 Å². The first-order valence-corrected chi connectivity index (χ1v) is 6.34. The number of nitrogens with zero attached hydrogens (tertiary/aromatic N) is 2. The number of hydrogen-bond acceptors (Lipinski definition) is 5. The largest absolute Gasteiger partial charge is 0.493 e. The Labute approximate surface area is 100 Å². The summed E-state index contributed by atoms with van der Waals surface area (Å²) < 4.78 is 51.8. The van der Waals surface area contributed by atoms with Gasteiger partial charge in [-0.15, -0.1) is 0 Å². The fourth-order valence-corrected chi connectivity index (χ4v) is 1.81. The monoisotopic (exact) mass is 282 g/mol. The zero-order chi connectivity index (χ0) is 13.2. The van der Waals surface area contributed by atoms with Gasteiger partial charge in [0.15, 0.2) is 16.5 Å². The van der Waals surface area contributed by atoms with Crippen LogP contribution in [0, 0.1) is 11.3 Å². The van der Waals surface area contributed by atoms with Crippen molar-refractivity contribution in [3.05, 3.63) is 17.3 Å². The topological polar surface area (TPSA) is 80.1 Å². The number of aromatic nitrogens is 1. The number of rotatable bonds is 3. The molecular weight excluding hydrogens is 278 g/mol. The quantitative estimate of drug-likeness (QED) is 0.790. The Kier molecular flexibility index (Phi) is 3.85. The van der Waals surface area contributed by atoms with E-state index in [1.54, 1.807) is 0 Å². The SMILES string of the molecule is COc1c(C(F)F)cc(S(=O)(=O)Cl)nc1C#N. The number of ether oxygens (including phenoxy) is 1. The molecule has 0 aromatic carbocycles. The van der Waals surface area contributed by atoms with Crippen LogP contribution >= 0.6 is 10.7 Å². The van der Waals surface area contributed by atoms with Crippen LogP contribution in [0.4, 0.5) is 8.78 Å². The second-order valence-corrected chi connectivity index (χ2v) is 5.29. The first kappa shape index (κ1) is 13.6. The molecule has 1 aromatic rings. The van der Waals surface area contributed by atoms with Crippen molar-refractivity contribution < 1.29 is 21.9 Å². The highest BCUT2D eigenvalue weighted by Crippen LogP contribution is 2.33. The van der Waals surface area contributed by atoms with Crippen LogP contribution in [0.2, 0.25) is 0 Å². The Morgan fingerprint density at radius 3 is 2.53 bits per heavy atom. The van der Waals surface area contributed by atoms with Crippen LogP contribution < -0.4 is 4.74 Å². The molecule has 0 spiro atoms. The maximum Gasteiger partial charge on any atom is 0.278 e. The molecule has 1 rings (SSSR count). The Bertz CT molecular complexity index is 583. The molecule has 9 heteroatoms. The zero-order valence-corrected chi connectivity index (χ0v) is 9.89. The van der Waals surface area contributed by atoms with E-state index in [4.69, 9.17) is 15.9 Å². The average molecular weight is 283 g/mol. The van der Waals surface area contributed by atoms with Crippen LogP contribution in [0.3, 0.4) is 0 Å². The molecule has 0 amide bonds. The predicted molar refractivity (Wildman–Crippen MR) is 53.5 cm³/mol. The number of nitriles is 1. The maximum absolute atomic E-state index is 12.6. The molecule has 0 N–H and O–H groups in total. The standard InChI is InChI=1S/C8H5ClF2N2O3S/c1-16-7-4(8(10)11)2-6(17(9,14)15)13-5(7)3-12/h2,8H,1H3. The molecule has 0 fully saturated rings. The van der Waals surface area contributed by atoms with Gasteiger partial charge in [0.2, 0.25) is 0 Å². The summed E-state index contributed by atoms with van der Waals surface area (Å²) in [5, 5.41) is 7.86. The summed E-state index contributed by atoms with van der Waals surface area (Å²) in [6.45, 7) is 0. The molecule has 1 heterocycles. The highest BCUT2D eigenvalue weighted by atomic mass is 35.7. The van der Waals surface area contributed by atoms with E-state index in [2.05, 4.69) is 9.72 Å². The smallest absolute Gasteiger partial charge is 0.278 e. The molecule has 1 aromatic heterocycles. The van der Waals surface area contributed by atoms with E-state index >= 15 is 0 Å². The minimum atomic E-state index is -4.30. The fourth-order valence-electron chi connectivity index (χ4n) is 1.11. The van der Waals surface area contributed by atoms with Crippen molar-refractivity contribution in [2.24, 2.45) is 0 Å². The number of pyridine rings is 1. The average Bonchev–Trinajstić information content (AvgIpc) is 2.25. The first-order valence-electron chi connectivity index (χ1n) is 4.03. The fraction of sp³-hybridized carbons (Fsp3) is 0.250. The van der Waals surface area contributed by atoms with Gasteiger partial charge in [-0.3, -0.25) is 0 Å². The van der Waals surface area contributed by atoms with Gasteiger partial charge < -0.3 is 4.74 Å². The van der Waals surface area contributed by atoms with E-state index in [1.165, 1.54) is 6.07 Å². The van der Waals surface area contributed by atoms with Crippen LogP contribution in [-0.2, 0) is 9.05 Å². The van der Waals surface area contributed by atoms with Gasteiger partial charge >= 0.3 is 0 Å². The highest BCUT2D eigenvalue weighted by molar-refractivity contribution is 8.13. The van der Waals surface area contributed by atoms with E-state index in [-0.39, 0.29) is 0 Å². The molecule has 0 radical (unpaired) electrons. The van der Waals surface area contributed by atoms with Crippen molar-refractivity contribution in [1.29, 1.82) is 5.26 Å². The molecule has 0 atom stereocenters. The molecule has 0 aliphatic carbocycles. The van der Waals surface area contributed by atoms with Gasteiger partial charge in [-0.2, -0.15) is 5.26 Å². The van der Waals surface area contributed by atoms with Crippen LogP contribution in [0.1, 0.15) is 17.7 Å². The Morgan fingerprint density at radius 1 is 1.59 bits per heavy atom. The Balaban J connectivity index is 3.65. The highest BCUT2D eigenvalue weighted by Gasteiger charge is 2.24. The Morgan fingerprint density at radius 2 is 2.18 bits per heavy atom. The van der Waals surface area contributed by atoms with Crippen molar-refractivity contribution in [1.82, 2.24) is 4.98 Å². The van der Waals surface area contributed by atoms with Gasteiger partial charge in [-0.25, -0.2) is 22.2 Å². The summed E-state index contributed by atoms with van der Waals surface area (Å²) >= 11 is 0. The summed E-state index contributed by atoms with van der Waals surface area (Å²) in [7, 11) is 1.75. The van der Waals surface area contributed by atoms with Crippen LogP contribution in [-0.4, -0.2) is 20.5 Å². The molecule has 0 unspecified atom stereocenters. The molecular formula is C8H5ClF2N2O3S. The van der Waals surface area contributed by atoms with E-state index in [9.17, 15) is 17.2 Å². The van der Waals surface area contributed by atoms with Gasteiger partial charge in [0.1, 0.15) is 6.07 Å². The molecule has 0 aliphatic rings. The van der Waals surface area contributed by atoms with Gasteiger partial charge in [0.05, 0.1) is 12.7 Å². The molecule has 0 aliphatic heterocycles. The lowest BCUT2D eigenvalue weighted by Crippen LogP contribution is -2.04. The van der Waals surface area contributed by atoms with Gasteiger partial charge in [-0.1, -0.05) is 0 Å². The van der Waals surface area contributed by atoms with Crippen LogP contribution in [0.25, 0.3) is 0 Å². The van der Waals surface area contributed by atoms with Crippen molar-refractivity contribution in [2.75, 3.05) is 7.11 Å². The van der Waals surface area contributed by atoms with Gasteiger partial charge in [-0.05, 0) is 6.07 Å². The van der Waals surface area contributed by atoms with Gasteiger partial charge in [0.25, 0.3) is 15.5 Å². The minimum absolute atomic E-state index is 0.466. The van der Waals surface area contributed by atoms with Crippen molar-refractivity contribution in [2.45, 2.75) is 11.5 Å². The second kappa shape index (κ2) is 4.81. The summed E-state index contributed by atoms with van der Waals surface area (Å²) in [6.07, 6.45) is -3.02. The lowest BCUT2D eigenvalue weighted by molar-refractivity contribution is 0.146. The number of methoxy groups -OCH3 is 1. The summed E-state index contributed by atoms with van der Waals surface area (Å²) in [5.74, 6) is -0.466. The summed E-state index contributed by atoms with van der Waals surface area (Å²) in [6, 6.07) is 2.04. The second-order valence-electron chi connectivity index (χ2n) is 2.78. The maximum atomic E-state index is 12.6. The van der Waals surface area contributed by atoms with Crippen LogP contribution in [0.5, 0.6) is 5.75 Å². The molecule has 0 bridgehead atoms. The van der Waals surface area contributed by atoms with E-state index in [0.717, 1.165) is 7.11 Å². The van der Waals surface area contributed by atoms with Crippen molar-refractivity contribution in [3.8, 4) is 11.8 Å². The third-order valence-corrected chi connectivity index (χ3v) is 2.96. The number of hydrogen-bond donors (Lipinski definition) is 0. The number of alkyl halides is 2. The predicted octanol–water partition coefficient (Wildman–Crippen LogP) is 1.83. The first-order chi connectivity index (χ1) is 7.81. The van der Waals surface area contributed by atoms with E-state index < -0.39 is 37.5 Å². The third kappa shape index (κ3) is 2.81. The zero-order valence-electron chi connectivity index (χ0n) is 8.32. The lowest BCUT2D eigenvalue weighted by atomic mass is 10.2. The number of halogens is 3. The third-order valence-electron chi connectivity index (χ3n) is 1.77. The summed E-state index contributed by atoms with van der Waals surface area (Å²) in [4.78, 5) is 3.34. The van der Waals surface area contributed by atoms with E-state index in [0.29, 0.717) is 6.07 Å². The lowest BCUT2D eigenvalue weighted by Gasteiger charge is -2.09. The molecule has 5 nitrogen and oxygen atoms in total. The molecule has 92 valence electrons. The molecule has 17 heavy (non-hydrogen) atoms. The summed E-state index contributed by atoms with van der Waals surface area (Å²) in [5.41, 5.74) is -1.32. The molecule has 0 saturated carbocycles. The van der Waals surface area contributed by atoms with Crippen LogP contribution in [0.15, 0.2) is 11.1 Å². The van der Waals surface area contributed by atoms with E-state index in [1.807, 2.05) is 0 Å².